The summed E-state index contributed by atoms with van der Waals surface area (Å²) in [4.78, 5) is 15.8. The number of hydrogen-bond acceptors (Lipinski definition) is 4. The maximum Gasteiger partial charge on any atom is 0.253 e. The van der Waals surface area contributed by atoms with E-state index in [1.165, 1.54) is 0 Å². The van der Waals surface area contributed by atoms with Crippen LogP contribution in [0.4, 0.5) is 0 Å². The van der Waals surface area contributed by atoms with Crippen LogP contribution in [0.25, 0.3) is 0 Å². The van der Waals surface area contributed by atoms with Gasteiger partial charge in [0.2, 0.25) is 0 Å². The van der Waals surface area contributed by atoms with Crippen LogP contribution in [0.15, 0.2) is 17.2 Å². The molecule has 1 atom stereocenters. The number of rotatable bonds is 7. The second-order valence-corrected chi connectivity index (χ2v) is 4.13. The molecule has 1 N–H and O–H groups in total. The van der Waals surface area contributed by atoms with Gasteiger partial charge in [-0.25, -0.2) is 4.98 Å². The molecule has 0 amide bonds. The average Bonchev–Trinajstić information content (AvgIpc) is 2.29. The van der Waals surface area contributed by atoms with Gasteiger partial charge in [0.1, 0.15) is 0 Å². The molecule has 5 heteroatoms. The van der Waals surface area contributed by atoms with E-state index in [0.29, 0.717) is 13.2 Å². The maximum atomic E-state index is 11.7. The Kier molecular flexibility index (Phi) is 5.86. The van der Waals surface area contributed by atoms with Gasteiger partial charge in [-0.2, -0.15) is 0 Å². The monoisotopic (exact) mass is 239 g/mol. The van der Waals surface area contributed by atoms with Crippen molar-refractivity contribution in [1.29, 1.82) is 0 Å². The van der Waals surface area contributed by atoms with Gasteiger partial charge in [-0.1, -0.05) is 6.92 Å². The Morgan fingerprint density at radius 1 is 1.59 bits per heavy atom. The van der Waals surface area contributed by atoms with Crippen molar-refractivity contribution in [3.8, 4) is 0 Å². The number of hydrogen-bond donors (Lipinski definition) is 1. The molecule has 0 fully saturated rings. The molecule has 1 aromatic heterocycles. The third kappa shape index (κ3) is 4.66. The van der Waals surface area contributed by atoms with E-state index >= 15 is 0 Å². The standard InChI is InChI=1S/C12H21N3O2/c1-4-5-13-11(8-17-3)7-15-9-14-10(2)6-12(15)16/h6,9,11,13H,4-5,7-8H2,1-3H3. The maximum absolute atomic E-state index is 11.7. The van der Waals surface area contributed by atoms with Crippen molar-refractivity contribution < 1.29 is 4.74 Å². The molecule has 17 heavy (non-hydrogen) atoms. The topological polar surface area (TPSA) is 56.1 Å². The summed E-state index contributed by atoms with van der Waals surface area (Å²) >= 11 is 0. The van der Waals surface area contributed by atoms with Crippen LogP contribution in [0.1, 0.15) is 19.0 Å². The lowest BCUT2D eigenvalue weighted by Crippen LogP contribution is -2.40. The van der Waals surface area contributed by atoms with Crippen molar-refractivity contribution >= 4 is 0 Å². The molecule has 0 radical (unpaired) electrons. The molecule has 1 aromatic rings. The van der Waals surface area contributed by atoms with E-state index in [1.54, 1.807) is 24.1 Å². The summed E-state index contributed by atoms with van der Waals surface area (Å²) in [6.45, 7) is 6.01. The molecule has 0 saturated heterocycles. The molecular weight excluding hydrogens is 218 g/mol. The number of methoxy groups -OCH3 is 1. The first-order valence-corrected chi connectivity index (χ1v) is 5.92. The minimum Gasteiger partial charge on any atom is -0.383 e. The highest BCUT2D eigenvalue weighted by atomic mass is 16.5. The first-order chi connectivity index (χ1) is 8.17. The van der Waals surface area contributed by atoms with E-state index in [1.807, 2.05) is 6.92 Å². The Bertz CT molecular complexity index is 390. The fourth-order valence-corrected chi connectivity index (χ4v) is 1.62. The van der Waals surface area contributed by atoms with Crippen molar-refractivity contribution in [2.75, 3.05) is 20.3 Å². The van der Waals surface area contributed by atoms with Crippen LogP contribution in [0, 0.1) is 6.92 Å². The third-order valence-electron chi connectivity index (χ3n) is 2.48. The largest absolute Gasteiger partial charge is 0.383 e. The lowest BCUT2D eigenvalue weighted by molar-refractivity contribution is 0.158. The van der Waals surface area contributed by atoms with Gasteiger partial charge >= 0.3 is 0 Å². The summed E-state index contributed by atoms with van der Waals surface area (Å²) in [5.41, 5.74) is 0.730. The average molecular weight is 239 g/mol. The van der Waals surface area contributed by atoms with Crippen LogP contribution in [0.3, 0.4) is 0 Å². The molecule has 0 saturated carbocycles. The number of aryl methyl sites for hydroxylation is 1. The predicted octanol–water partition coefficient (Wildman–Crippen LogP) is 0.566. The zero-order valence-corrected chi connectivity index (χ0v) is 10.8. The summed E-state index contributed by atoms with van der Waals surface area (Å²) in [7, 11) is 1.66. The number of nitrogens with zero attached hydrogens (tertiary/aromatic N) is 2. The highest BCUT2D eigenvalue weighted by Crippen LogP contribution is 1.92. The van der Waals surface area contributed by atoms with Gasteiger partial charge in [-0.3, -0.25) is 9.36 Å². The van der Waals surface area contributed by atoms with Gasteiger partial charge in [0, 0.05) is 31.5 Å². The molecule has 0 aliphatic carbocycles. The summed E-state index contributed by atoms with van der Waals surface area (Å²) in [5.74, 6) is 0. The second-order valence-electron chi connectivity index (χ2n) is 4.13. The molecule has 0 aromatic carbocycles. The van der Waals surface area contributed by atoms with E-state index in [2.05, 4.69) is 17.2 Å². The van der Waals surface area contributed by atoms with E-state index < -0.39 is 0 Å². The SMILES string of the molecule is CCCNC(COC)Cn1cnc(C)cc1=O. The number of aromatic nitrogens is 2. The van der Waals surface area contributed by atoms with Gasteiger partial charge in [0.25, 0.3) is 5.56 Å². The molecule has 0 spiro atoms. The minimum atomic E-state index is -0.0168. The van der Waals surface area contributed by atoms with Crippen molar-refractivity contribution in [2.24, 2.45) is 0 Å². The lowest BCUT2D eigenvalue weighted by Gasteiger charge is -2.18. The van der Waals surface area contributed by atoms with Crippen molar-refractivity contribution in [2.45, 2.75) is 32.9 Å². The van der Waals surface area contributed by atoms with Crippen LogP contribution < -0.4 is 10.9 Å². The Balaban J connectivity index is 2.67. The zero-order valence-electron chi connectivity index (χ0n) is 10.8. The predicted molar refractivity (Wildman–Crippen MR) is 67.2 cm³/mol. The molecular formula is C12H21N3O2. The van der Waals surface area contributed by atoms with Crippen LogP contribution in [0.2, 0.25) is 0 Å². The molecule has 1 rings (SSSR count). The van der Waals surface area contributed by atoms with Gasteiger partial charge in [0.05, 0.1) is 12.9 Å². The Hall–Kier alpha value is -1.20. The molecule has 0 aliphatic heterocycles. The minimum absolute atomic E-state index is 0.0168. The molecule has 5 nitrogen and oxygen atoms in total. The lowest BCUT2D eigenvalue weighted by atomic mass is 10.3. The molecule has 96 valence electrons. The van der Waals surface area contributed by atoms with Gasteiger partial charge in [-0.15, -0.1) is 0 Å². The summed E-state index contributed by atoms with van der Waals surface area (Å²) < 4.78 is 6.75. The highest BCUT2D eigenvalue weighted by Gasteiger charge is 2.09. The normalized spacial score (nSPS) is 12.6. The van der Waals surface area contributed by atoms with Crippen LogP contribution >= 0.6 is 0 Å². The molecule has 0 bridgehead atoms. The van der Waals surface area contributed by atoms with Crippen molar-refractivity contribution in [3.63, 3.8) is 0 Å². The smallest absolute Gasteiger partial charge is 0.253 e. The Labute approximate surface area is 102 Å². The fourth-order valence-electron chi connectivity index (χ4n) is 1.62. The van der Waals surface area contributed by atoms with Crippen LogP contribution in [-0.4, -0.2) is 35.9 Å². The third-order valence-corrected chi connectivity index (χ3v) is 2.48. The van der Waals surface area contributed by atoms with E-state index in [4.69, 9.17) is 4.74 Å². The van der Waals surface area contributed by atoms with Crippen molar-refractivity contribution in [3.05, 3.63) is 28.4 Å². The molecule has 0 aliphatic rings. The summed E-state index contributed by atoms with van der Waals surface area (Å²) in [6, 6.07) is 1.69. The zero-order chi connectivity index (χ0) is 12.7. The van der Waals surface area contributed by atoms with Gasteiger partial charge in [0.15, 0.2) is 0 Å². The fraction of sp³-hybridized carbons (Fsp3) is 0.667. The van der Waals surface area contributed by atoms with Gasteiger partial charge in [-0.05, 0) is 19.9 Å². The molecule has 1 heterocycles. The van der Waals surface area contributed by atoms with E-state index in [0.717, 1.165) is 18.7 Å². The molecule has 1 unspecified atom stereocenters. The van der Waals surface area contributed by atoms with E-state index in [9.17, 15) is 4.79 Å². The number of nitrogens with one attached hydrogen (secondary N) is 1. The second kappa shape index (κ2) is 7.19. The highest BCUT2D eigenvalue weighted by molar-refractivity contribution is 4.96. The Morgan fingerprint density at radius 2 is 2.35 bits per heavy atom. The number of ether oxygens (including phenoxy) is 1. The Morgan fingerprint density at radius 3 is 2.94 bits per heavy atom. The van der Waals surface area contributed by atoms with Crippen LogP contribution in [-0.2, 0) is 11.3 Å². The first kappa shape index (κ1) is 13.9. The first-order valence-electron chi connectivity index (χ1n) is 5.92. The van der Waals surface area contributed by atoms with Crippen LogP contribution in [0.5, 0.6) is 0 Å². The summed E-state index contributed by atoms with van der Waals surface area (Å²) in [6.07, 6.45) is 2.65. The summed E-state index contributed by atoms with van der Waals surface area (Å²) in [5, 5.41) is 3.35. The quantitative estimate of drug-likeness (QED) is 0.755. The van der Waals surface area contributed by atoms with Gasteiger partial charge < -0.3 is 10.1 Å². The van der Waals surface area contributed by atoms with Crippen molar-refractivity contribution in [1.82, 2.24) is 14.9 Å². The van der Waals surface area contributed by atoms with E-state index in [-0.39, 0.29) is 11.6 Å².